The molecule has 0 unspecified atom stereocenters. The summed E-state index contributed by atoms with van der Waals surface area (Å²) in [5.74, 6) is 0. The number of amides is 1. The zero-order chi connectivity index (χ0) is 12.0. The molecule has 0 aliphatic rings. The highest BCUT2D eigenvalue weighted by atomic mass is 32.1. The lowest BCUT2D eigenvalue weighted by Crippen LogP contribution is -2.18. The highest BCUT2D eigenvalue weighted by Gasteiger charge is 1.92. The average Bonchev–Trinajstić information content (AvgIpc) is 2.13. The van der Waals surface area contributed by atoms with E-state index >= 15 is 0 Å². The number of benzene rings is 1. The molecule has 3 nitrogen and oxygen atoms in total. The molecule has 0 atom stereocenters. The van der Waals surface area contributed by atoms with Crippen LogP contribution in [-0.2, 0) is 0 Å². The molecule has 0 fully saturated rings. The van der Waals surface area contributed by atoms with Gasteiger partial charge in [-0.3, -0.25) is 0 Å². The predicted molar refractivity (Wildman–Crippen MR) is 64.9 cm³/mol. The lowest BCUT2D eigenvalue weighted by Gasteiger charge is -1.99. The van der Waals surface area contributed by atoms with Crippen LogP contribution in [0.15, 0.2) is 23.1 Å². The second-order valence-corrected chi connectivity index (χ2v) is 3.95. The lowest BCUT2D eigenvalue weighted by molar-refractivity contribution is 0.165. The van der Waals surface area contributed by atoms with E-state index in [1.807, 2.05) is 6.07 Å². The molecule has 0 aliphatic heterocycles. The van der Waals surface area contributed by atoms with Crippen molar-refractivity contribution in [3.63, 3.8) is 0 Å². The molecule has 1 amide bonds. The first-order valence-electron chi connectivity index (χ1n) is 4.51. The smallest absolute Gasteiger partial charge is 0.406 e. The molecule has 4 heteroatoms. The van der Waals surface area contributed by atoms with Crippen LogP contribution in [0.2, 0.25) is 0 Å². The van der Waals surface area contributed by atoms with E-state index in [4.69, 9.17) is 5.11 Å². The third-order valence-electron chi connectivity index (χ3n) is 1.73. The van der Waals surface area contributed by atoms with Crippen molar-refractivity contribution in [2.45, 2.75) is 18.7 Å². The van der Waals surface area contributed by atoms with Crippen LogP contribution in [-0.4, -0.2) is 30.2 Å². The van der Waals surface area contributed by atoms with Crippen molar-refractivity contribution in [3.8, 4) is 0 Å². The van der Waals surface area contributed by atoms with Crippen LogP contribution in [0.5, 0.6) is 0 Å². The normalized spacial score (nSPS) is 8.87. The van der Waals surface area contributed by atoms with Crippen LogP contribution in [0.25, 0.3) is 0 Å². The number of hydrogen-bond donors (Lipinski definition) is 2. The van der Waals surface area contributed by atoms with Crippen LogP contribution in [0.1, 0.15) is 11.1 Å². The van der Waals surface area contributed by atoms with E-state index in [0.717, 1.165) is 9.80 Å². The summed E-state index contributed by atoms with van der Waals surface area (Å²) in [5, 5.41) is 7.92. The Morgan fingerprint density at radius 1 is 1.33 bits per heavy atom. The maximum atomic E-state index is 9.62. The van der Waals surface area contributed by atoms with Crippen molar-refractivity contribution >= 4 is 18.7 Å². The van der Waals surface area contributed by atoms with E-state index in [1.165, 1.54) is 25.2 Å². The molecule has 1 rings (SSSR count). The second-order valence-electron chi connectivity index (χ2n) is 3.47. The first-order valence-corrected chi connectivity index (χ1v) is 4.95. The number of aryl methyl sites for hydroxylation is 2. The SMILES string of the molecule is CN(C)C(=O)O.Cc1ccc(S)c(C)c1. The molecule has 0 aliphatic carbocycles. The maximum Gasteiger partial charge on any atom is 0.406 e. The minimum Gasteiger partial charge on any atom is -0.465 e. The zero-order valence-corrected chi connectivity index (χ0v) is 10.4. The van der Waals surface area contributed by atoms with Gasteiger partial charge in [0.25, 0.3) is 0 Å². The number of rotatable bonds is 0. The first-order chi connectivity index (χ1) is 6.84. The molecule has 0 heterocycles. The molecular weight excluding hydrogens is 210 g/mol. The molecule has 0 aromatic heterocycles. The monoisotopic (exact) mass is 227 g/mol. The van der Waals surface area contributed by atoms with Crippen LogP contribution in [0.3, 0.4) is 0 Å². The summed E-state index contributed by atoms with van der Waals surface area (Å²) in [5.41, 5.74) is 2.55. The first kappa shape index (κ1) is 13.8. The molecule has 1 aromatic rings. The Morgan fingerprint density at radius 2 is 1.80 bits per heavy atom. The summed E-state index contributed by atoms with van der Waals surface area (Å²) < 4.78 is 0. The van der Waals surface area contributed by atoms with Crippen molar-refractivity contribution in [2.24, 2.45) is 0 Å². The zero-order valence-electron chi connectivity index (χ0n) is 9.48. The summed E-state index contributed by atoms with van der Waals surface area (Å²) in [7, 11) is 2.95. The van der Waals surface area contributed by atoms with Gasteiger partial charge in [0.05, 0.1) is 0 Å². The third kappa shape index (κ3) is 6.01. The van der Waals surface area contributed by atoms with Gasteiger partial charge in [0.1, 0.15) is 0 Å². The van der Waals surface area contributed by atoms with Gasteiger partial charge in [0.15, 0.2) is 0 Å². The standard InChI is InChI=1S/C8H10S.C3H7NO2/c1-6-3-4-8(9)7(2)5-6;1-4(2)3(5)6/h3-5,9H,1-2H3;1-2H3,(H,5,6). The number of carbonyl (C=O) groups is 1. The number of thiol groups is 1. The molecule has 0 bridgehead atoms. The van der Waals surface area contributed by atoms with Gasteiger partial charge in [-0.05, 0) is 25.5 Å². The third-order valence-corrected chi connectivity index (χ3v) is 2.24. The van der Waals surface area contributed by atoms with E-state index in [2.05, 4.69) is 38.6 Å². The van der Waals surface area contributed by atoms with Crippen molar-refractivity contribution in [3.05, 3.63) is 29.3 Å². The Labute approximate surface area is 96.1 Å². The lowest BCUT2D eigenvalue weighted by atomic mass is 10.2. The number of carboxylic acid groups (broad SMARTS) is 1. The fraction of sp³-hybridized carbons (Fsp3) is 0.364. The topological polar surface area (TPSA) is 40.5 Å². The van der Waals surface area contributed by atoms with Crippen LogP contribution < -0.4 is 0 Å². The molecule has 15 heavy (non-hydrogen) atoms. The van der Waals surface area contributed by atoms with Gasteiger partial charge < -0.3 is 10.0 Å². The van der Waals surface area contributed by atoms with Crippen molar-refractivity contribution in [1.82, 2.24) is 4.90 Å². The second kappa shape index (κ2) is 6.35. The molecule has 0 spiro atoms. The molecule has 0 saturated heterocycles. The van der Waals surface area contributed by atoms with Gasteiger partial charge in [-0.1, -0.05) is 17.7 Å². The van der Waals surface area contributed by atoms with Crippen LogP contribution >= 0.6 is 12.6 Å². The molecular formula is C11H17NO2S. The van der Waals surface area contributed by atoms with Crippen molar-refractivity contribution in [1.29, 1.82) is 0 Å². The summed E-state index contributed by atoms with van der Waals surface area (Å²) in [6, 6.07) is 6.21. The van der Waals surface area contributed by atoms with Crippen molar-refractivity contribution in [2.75, 3.05) is 14.1 Å². The molecule has 0 saturated carbocycles. The predicted octanol–water partition coefficient (Wildman–Crippen LogP) is 2.82. The summed E-state index contributed by atoms with van der Waals surface area (Å²) >= 11 is 4.25. The Balaban J connectivity index is 0.000000288. The van der Waals surface area contributed by atoms with E-state index in [-0.39, 0.29) is 0 Å². The largest absolute Gasteiger partial charge is 0.465 e. The fourth-order valence-corrected chi connectivity index (χ4v) is 0.944. The van der Waals surface area contributed by atoms with Gasteiger partial charge in [-0.15, -0.1) is 12.6 Å². The van der Waals surface area contributed by atoms with Gasteiger partial charge in [-0.25, -0.2) is 4.79 Å². The molecule has 84 valence electrons. The van der Waals surface area contributed by atoms with Gasteiger partial charge >= 0.3 is 6.09 Å². The average molecular weight is 227 g/mol. The van der Waals surface area contributed by atoms with E-state index in [1.54, 1.807) is 0 Å². The van der Waals surface area contributed by atoms with E-state index in [0.29, 0.717) is 0 Å². The molecule has 1 N–H and O–H groups in total. The van der Waals surface area contributed by atoms with Gasteiger partial charge in [0, 0.05) is 19.0 Å². The highest BCUT2D eigenvalue weighted by molar-refractivity contribution is 7.80. The Bertz CT molecular complexity index is 337. The maximum absolute atomic E-state index is 9.62. The Kier molecular flexibility index (Phi) is 5.86. The number of hydrogen-bond acceptors (Lipinski definition) is 2. The molecule has 1 aromatic carbocycles. The fourth-order valence-electron chi connectivity index (χ4n) is 0.805. The summed E-state index contributed by atoms with van der Waals surface area (Å²) in [4.78, 5) is 11.8. The minimum absolute atomic E-state index is 0.907. The van der Waals surface area contributed by atoms with Gasteiger partial charge in [-0.2, -0.15) is 0 Å². The molecule has 0 radical (unpaired) electrons. The Hall–Kier alpha value is -1.16. The minimum atomic E-state index is -0.907. The quantitative estimate of drug-likeness (QED) is 0.669. The summed E-state index contributed by atoms with van der Waals surface area (Å²) in [6.07, 6.45) is -0.907. The van der Waals surface area contributed by atoms with Crippen LogP contribution in [0, 0.1) is 13.8 Å². The number of nitrogens with zero attached hydrogens (tertiary/aromatic N) is 1. The van der Waals surface area contributed by atoms with Crippen LogP contribution in [0.4, 0.5) is 4.79 Å². The van der Waals surface area contributed by atoms with E-state index in [9.17, 15) is 4.79 Å². The van der Waals surface area contributed by atoms with Gasteiger partial charge in [0.2, 0.25) is 0 Å². The summed E-state index contributed by atoms with van der Waals surface area (Å²) in [6.45, 7) is 4.15. The Morgan fingerprint density at radius 3 is 2.07 bits per heavy atom. The highest BCUT2D eigenvalue weighted by Crippen LogP contribution is 2.13. The van der Waals surface area contributed by atoms with E-state index < -0.39 is 6.09 Å². The van der Waals surface area contributed by atoms with Crippen molar-refractivity contribution < 1.29 is 9.90 Å².